The minimum atomic E-state index is -4.02. The van der Waals surface area contributed by atoms with Crippen molar-refractivity contribution in [3.8, 4) is 0 Å². The molecule has 3 aromatic rings. The lowest BCUT2D eigenvalue weighted by atomic mass is 10.2. The van der Waals surface area contributed by atoms with Crippen LogP contribution in [0.4, 0.5) is 5.69 Å². The molecule has 0 amide bonds. The van der Waals surface area contributed by atoms with Crippen molar-refractivity contribution in [3.05, 3.63) is 72.4 Å². The summed E-state index contributed by atoms with van der Waals surface area (Å²) >= 11 is 29.9. The highest BCUT2D eigenvalue weighted by Crippen LogP contribution is 2.33. The molecule has 0 aliphatic carbocycles. The summed E-state index contributed by atoms with van der Waals surface area (Å²) in [5.74, 6) is 0. The molecule has 154 valence electrons. The van der Waals surface area contributed by atoms with Gasteiger partial charge in [0.25, 0.3) is 10.0 Å². The molecule has 0 radical (unpaired) electrons. The Morgan fingerprint density at radius 1 is 0.897 bits per heavy atom. The Bertz CT molecular complexity index is 1210. The monoisotopic (exact) mass is 511 g/mol. The van der Waals surface area contributed by atoms with Gasteiger partial charge in [-0.05, 0) is 43.7 Å². The van der Waals surface area contributed by atoms with E-state index in [1.807, 2.05) is 6.07 Å². The number of aryl methyl sites for hydroxylation is 1. The van der Waals surface area contributed by atoms with Crippen molar-refractivity contribution >= 4 is 73.7 Å². The van der Waals surface area contributed by atoms with E-state index in [0.717, 1.165) is 5.56 Å². The SMILES string of the molecule is Cc1nn(Cc2ccc(Cl)c(Cl)c2)c(C)c1NS(=O)(=O)c1cc(Cl)c(Cl)cc1Cl. The van der Waals surface area contributed by atoms with Crippen molar-refractivity contribution in [1.82, 2.24) is 9.78 Å². The van der Waals surface area contributed by atoms with Gasteiger partial charge in [-0.15, -0.1) is 0 Å². The van der Waals surface area contributed by atoms with Crippen LogP contribution in [0.5, 0.6) is 0 Å². The summed E-state index contributed by atoms with van der Waals surface area (Å²) < 4.78 is 30.0. The molecule has 1 N–H and O–H groups in total. The first kappa shape index (κ1) is 22.5. The van der Waals surface area contributed by atoms with Crippen molar-refractivity contribution in [2.24, 2.45) is 0 Å². The molecule has 0 aliphatic heterocycles. The van der Waals surface area contributed by atoms with Gasteiger partial charge in [-0.2, -0.15) is 5.10 Å². The zero-order chi connectivity index (χ0) is 21.5. The number of benzene rings is 2. The van der Waals surface area contributed by atoms with E-state index >= 15 is 0 Å². The summed E-state index contributed by atoms with van der Waals surface area (Å²) in [5.41, 5.74) is 2.34. The number of anilines is 1. The zero-order valence-electron chi connectivity index (χ0n) is 15.1. The van der Waals surface area contributed by atoms with Crippen LogP contribution in [0.15, 0.2) is 35.2 Å². The van der Waals surface area contributed by atoms with Gasteiger partial charge in [0.05, 0.1) is 48.7 Å². The van der Waals surface area contributed by atoms with E-state index in [9.17, 15) is 8.42 Å². The molecule has 29 heavy (non-hydrogen) atoms. The van der Waals surface area contributed by atoms with Crippen molar-refractivity contribution in [2.45, 2.75) is 25.3 Å². The number of hydrogen-bond donors (Lipinski definition) is 1. The average Bonchev–Trinajstić information content (AvgIpc) is 2.88. The van der Waals surface area contributed by atoms with Gasteiger partial charge in [0.1, 0.15) is 4.90 Å². The van der Waals surface area contributed by atoms with Crippen LogP contribution in [0.25, 0.3) is 0 Å². The Morgan fingerprint density at radius 3 is 2.17 bits per heavy atom. The van der Waals surface area contributed by atoms with Crippen molar-refractivity contribution in [2.75, 3.05) is 4.72 Å². The molecule has 0 aliphatic rings. The number of hydrogen-bond acceptors (Lipinski definition) is 3. The molecule has 0 saturated heterocycles. The number of halogens is 5. The highest BCUT2D eigenvalue weighted by Gasteiger charge is 2.23. The molecule has 0 atom stereocenters. The van der Waals surface area contributed by atoms with Crippen LogP contribution < -0.4 is 4.72 Å². The lowest BCUT2D eigenvalue weighted by Crippen LogP contribution is -2.15. The van der Waals surface area contributed by atoms with Gasteiger partial charge >= 0.3 is 0 Å². The largest absolute Gasteiger partial charge is 0.276 e. The van der Waals surface area contributed by atoms with E-state index < -0.39 is 10.0 Å². The Hall–Kier alpha value is -1.15. The van der Waals surface area contributed by atoms with Crippen molar-refractivity contribution in [3.63, 3.8) is 0 Å². The van der Waals surface area contributed by atoms with E-state index in [4.69, 9.17) is 58.0 Å². The number of nitrogens with zero attached hydrogens (tertiary/aromatic N) is 2. The van der Waals surface area contributed by atoms with E-state index in [1.165, 1.54) is 12.1 Å². The third-order valence-electron chi connectivity index (χ3n) is 4.20. The number of rotatable bonds is 5. The quantitative estimate of drug-likeness (QED) is 0.390. The maximum atomic E-state index is 12.9. The molecule has 0 spiro atoms. The van der Waals surface area contributed by atoms with E-state index in [-0.39, 0.29) is 20.0 Å². The predicted octanol–water partition coefficient (Wildman–Crippen LogP) is 6.62. The lowest BCUT2D eigenvalue weighted by molar-refractivity contribution is 0.601. The van der Waals surface area contributed by atoms with Crippen LogP contribution in [0, 0.1) is 13.8 Å². The second kappa shape index (κ2) is 8.53. The fourth-order valence-corrected chi connectivity index (χ4v) is 5.21. The highest BCUT2D eigenvalue weighted by molar-refractivity contribution is 7.92. The first-order valence-corrected chi connectivity index (χ1v) is 11.5. The van der Waals surface area contributed by atoms with Gasteiger partial charge in [0, 0.05) is 0 Å². The molecule has 11 heteroatoms. The molecule has 0 bridgehead atoms. The fraction of sp³-hybridized carbons (Fsp3) is 0.167. The van der Waals surface area contributed by atoms with Gasteiger partial charge in [-0.25, -0.2) is 8.42 Å². The summed E-state index contributed by atoms with van der Waals surface area (Å²) in [5, 5.41) is 5.52. The standard InChI is InChI=1S/C18H14Cl5N3O2S/c1-9-18(25-29(27,28)17-7-15(22)14(21)6-16(17)23)10(2)26(24-9)8-11-3-4-12(19)13(20)5-11/h3-7,25H,8H2,1-2H3. The van der Waals surface area contributed by atoms with Gasteiger partial charge < -0.3 is 0 Å². The number of sulfonamides is 1. The third-order valence-corrected chi connectivity index (χ3v) is 7.47. The van der Waals surface area contributed by atoms with Crippen LogP contribution in [-0.4, -0.2) is 18.2 Å². The highest BCUT2D eigenvalue weighted by atomic mass is 35.5. The Labute approximate surface area is 193 Å². The fourth-order valence-electron chi connectivity index (χ4n) is 2.71. The normalized spacial score (nSPS) is 11.7. The van der Waals surface area contributed by atoms with E-state index in [0.29, 0.717) is 33.7 Å². The first-order chi connectivity index (χ1) is 13.5. The van der Waals surface area contributed by atoms with Crippen molar-refractivity contribution in [1.29, 1.82) is 0 Å². The molecule has 0 saturated carbocycles. The Balaban J connectivity index is 1.94. The molecule has 0 unspecified atom stereocenters. The predicted molar refractivity (Wildman–Crippen MR) is 120 cm³/mol. The van der Waals surface area contributed by atoms with Gasteiger partial charge in [0.2, 0.25) is 0 Å². The second-order valence-electron chi connectivity index (χ2n) is 6.25. The van der Waals surface area contributed by atoms with Crippen LogP contribution in [0.3, 0.4) is 0 Å². The average molecular weight is 514 g/mol. The summed E-state index contributed by atoms with van der Waals surface area (Å²) in [6, 6.07) is 7.75. The molecule has 5 nitrogen and oxygen atoms in total. The van der Waals surface area contributed by atoms with E-state index in [2.05, 4.69) is 9.82 Å². The smallest absolute Gasteiger partial charge is 0.263 e. The third kappa shape index (κ3) is 4.79. The summed E-state index contributed by atoms with van der Waals surface area (Å²) in [4.78, 5) is -0.176. The molecule has 3 rings (SSSR count). The van der Waals surface area contributed by atoms with Crippen LogP contribution in [0.2, 0.25) is 25.1 Å². The maximum Gasteiger partial charge on any atom is 0.263 e. The van der Waals surface area contributed by atoms with Crippen LogP contribution >= 0.6 is 58.0 Å². The molecular formula is C18H14Cl5N3O2S. The molecule has 2 aromatic carbocycles. The van der Waals surface area contributed by atoms with Crippen molar-refractivity contribution < 1.29 is 8.42 Å². The Kier molecular flexibility index (Phi) is 6.63. The van der Waals surface area contributed by atoms with Gasteiger partial charge in [0.15, 0.2) is 0 Å². The molecule has 1 aromatic heterocycles. The molecule has 1 heterocycles. The summed E-state index contributed by atoms with van der Waals surface area (Å²) in [7, 11) is -4.02. The molecule has 0 fully saturated rings. The molecular weight excluding hydrogens is 500 g/mol. The second-order valence-corrected chi connectivity index (χ2v) is 9.94. The number of nitrogens with one attached hydrogen (secondary N) is 1. The van der Waals surface area contributed by atoms with Crippen LogP contribution in [-0.2, 0) is 16.6 Å². The number of aromatic nitrogens is 2. The van der Waals surface area contributed by atoms with Gasteiger partial charge in [-0.1, -0.05) is 64.1 Å². The van der Waals surface area contributed by atoms with Crippen LogP contribution in [0.1, 0.15) is 17.0 Å². The minimum Gasteiger partial charge on any atom is -0.276 e. The zero-order valence-corrected chi connectivity index (χ0v) is 19.7. The Morgan fingerprint density at radius 2 is 1.52 bits per heavy atom. The lowest BCUT2D eigenvalue weighted by Gasteiger charge is -2.11. The summed E-state index contributed by atoms with van der Waals surface area (Å²) in [6.07, 6.45) is 0. The minimum absolute atomic E-state index is 0.0367. The topological polar surface area (TPSA) is 64.0 Å². The summed E-state index contributed by atoms with van der Waals surface area (Å²) in [6.45, 7) is 3.84. The first-order valence-electron chi connectivity index (χ1n) is 8.15. The van der Waals surface area contributed by atoms with Gasteiger partial charge in [-0.3, -0.25) is 9.40 Å². The van der Waals surface area contributed by atoms with E-state index in [1.54, 1.807) is 30.7 Å². The maximum absolute atomic E-state index is 12.9.